The number of carbonyl (C=O) groups is 2. The number of amides is 1. The Morgan fingerprint density at radius 1 is 1.18 bits per heavy atom. The minimum atomic E-state index is -0.952. The third-order valence-corrected chi connectivity index (χ3v) is 4.91. The molecule has 1 unspecified atom stereocenters. The Morgan fingerprint density at radius 2 is 1.96 bits per heavy atom. The van der Waals surface area contributed by atoms with Crippen molar-refractivity contribution in [3.8, 4) is 17.2 Å². The van der Waals surface area contributed by atoms with Gasteiger partial charge in [-0.2, -0.15) is 0 Å². The van der Waals surface area contributed by atoms with Gasteiger partial charge in [0.1, 0.15) is 11.3 Å². The second-order valence-electron chi connectivity index (χ2n) is 6.02. The van der Waals surface area contributed by atoms with Crippen molar-refractivity contribution < 1.29 is 28.5 Å². The molecule has 1 atom stereocenters. The summed E-state index contributed by atoms with van der Waals surface area (Å²) in [6, 6.07) is 10.6. The first-order valence-electron chi connectivity index (χ1n) is 8.61. The van der Waals surface area contributed by atoms with E-state index in [1.807, 2.05) is 12.3 Å². The highest BCUT2D eigenvalue weighted by atomic mass is 32.2. The number of esters is 1. The van der Waals surface area contributed by atoms with Crippen LogP contribution < -0.4 is 19.5 Å². The standard InChI is InChI=1S/C20H21NO6S/c1-12(27-20(23)15-6-5-14(28-3)9-17(15)24-2)19(22)21-10-13-4-7-16-18(8-13)26-11-25-16/h4-9,12H,10-11H2,1-3H3,(H,21,22). The van der Waals surface area contributed by atoms with Crippen molar-refractivity contribution in [2.24, 2.45) is 0 Å². The lowest BCUT2D eigenvalue weighted by Gasteiger charge is -2.15. The normalized spacial score (nSPS) is 13.0. The highest BCUT2D eigenvalue weighted by Crippen LogP contribution is 2.32. The van der Waals surface area contributed by atoms with E-state index in [4.69, 9.17) is 18.9 Å². The number of thioether (sulfide) groups is 1. The smallest absolute Gasteiger partial charge is 0.342 e. The van der Waals surface area contributed by atoms with Crippen LogP contribution in [0.2, 0.25) is 0 Å². The van der Waals surface area contributed by atoms with Crippen molar-refractivity contribution >= 4 is 23.6 Å². The zero-order chi connectivity index (χ0) is 20.1. The molecular formula is C20H21NO6S. The van der Waals surface area contributed by atoms with Gasteiger partial charge in [0, 0.05) is 11.4 Å². The summed E-state index contributed by atoms with van der Waals surface area (Å²) in [7, 11) is 1.48. The van der Waals surface area contributed by atoms with Gasteiger partial charge in [-0.3, -0.25) is 4.79 Å². The summed E-state index contributed by atoms with van der Waals surface area (Å²) in [5.74, 6) is 0.719. The molecule has 0 spiro atoms. The Hall–Kier alpha value is -2.87. The first kappa shape index (κ1) is 19.9. The van der Waals surface area contributed by atoms with Crippen LogP contribution in [0.25, 0.3) is 0 Å². The van der Waals surface area contributed by atoms with E-state index in [0.29, 0.717) is 17.2 Å². The second kappa shape index (κ2) is 8.88. The van der Waals surface area contributed by atoms with Crippen molar-refractivity contribution in [3.63, 3.8) is 0 Å². The maximum atomic E-state index is 12.4. The molecule has 148 valence electrons. The maximum Gasteiger partial charge on any atom is 0.342 e. The number of hydrogen-bond acceptors (Lipinski definition) is 7. The number of benzene rings is 2. The van der Waals surface area contributed by atoms with Crippen molar-refractivity contribution in [1.29, 1.82) is 0 Å². The van der Waals surface area contributed by atoms with Crippen molar-refractivity contribution in [2.75, 3.05) is 20.2 Å². The van der Waals surface area contributed by atoms with Crippen LogP contribution in [0.3, 0.4) is 0 Å². The molecule has 0 aliphatic carbocycles. The molecule has 1 N–H and O–H groups in total. The molecule has 0 saturated carbocycles. The van der Waals surface area contributed by atoms with Crippen LogP contribution in [0.4, 0.5) is 0 Å². The average Bonchev–Trinajstić information content (AvgIpc) is 3.19. The lowest BCUT2D eigenvalue weighted by atomic mass is 10.2. The molecular weight excluding hydrogens is 382 g/mol. The molecule has 3 rings (SSSR count). The first-order chi connectivity index (χ1) is 13.5. The number of ether oxygens (including phenoxy) is 4. The summed E-state index contributed by atoms with van der Waals surface area (Å²) in [5, 5.41) is 2.75. The largest absolute Gasteiger partial charge is 0.496 e. The Kier molecular flexibility index (Phi) is 6.30. The zero-order valence-electron chi connectivity index (χ0n) is 15.8. The summed E-state index contributed by atoms with van der Waals surface area (Å²) in [6.45, 7) is 2.00. The summed E-state index contributed by atoms with van der Waals surface area (Å²) in [5.41, 5.74) is 1.13. The van der Waals surface area contributed by atoms with E-state index in [0.717, 1.165) is 10.5 Å². The van der Waals surface area contributed by atoms with E-state index >= 15 is 0 Å². The molecule has 2 aromatic rings. The van der Waals surface area contributed by atoms with Crippen LogP contribution >= 0.6 is 11.8 Å². The lowest BCUT2D eigenvalue weighted by molar-refractivity contribution is -0.129. The molecule has 8 heteroatoms. The lowest BCUT2D eigenvalue weighted by Crippen LogP contribution is -2.35. The number of fused-ring (bicyclic) bond motifs is 1. The highest BCUT2D eigenvalue weighted by molar-refractivity contribution is 7.98. The van der Waals surface area contributed by atoms with E-state index < -0.39 is 18.0 Å². The Morgan fingerprint density at radius 3 is 2.71 bits per heavy atom. The van der Waals surface area contributed by atoms with Gasteiger partial charge in [-0.25, -0.2) is 4.79 Å². The molecule has 1 aliphatic heterocycles. The summed E-state index contributed by atoms with van der Waals surface area (Å²) in [4.78, 5) is 25.7. The number of nitrogens with one attached hydrogen (secondary N) is 1. The van der Waals surface area contributed by atoms with Crippen LogP contribution in [0.5, 0.6) is 17.2 Å². The minimum Gasteiger partial charge on any atom is -0.496 e. The number of methoxy groups -OCH3 is 1. The van der Waals surface area contributed by atoms with Crippen LogP contribution in [-0.4, -0.2) is 38.1 Å². The van der Waals surface area contributed by atoms with Gasteiger partial charge in [0.25, 0.3) is 5.91 Å². The molecule has 0 bridgehead atoms. The van der Waals surface area contributed by atoms with Gasteiger partial charge in [-0.1, -0.05) is 6.07 Å². The SMILES string of the molecule is COc1cc(SC)ccc1C(=O)OC(C)C(=O)NCc1ccc2c(c1)OCO2. The Balaban J connectivity index is 1.57. The van der Waals surface area contributed by atoms with E-state index in [-0.39, 0.29) is 18.9 Å². The molecule has 1 heterocycles. The van der Waals surface area contributed by atoms with Crippen molar-refractivity contribution in [3.05, 3.63) is 47.5 Å². The van der Waals surface area contributed by atoms with Gasteiger partial charge >= 0.3 is 5.97 Å². The topological polar surface area (TPSA) is 83.1 Å². The van der Waals surface area contributed by atoms with E-state index in [1.165, 1.54) is 25.8 Å². The summed E-state index contributed by atoms with van der Waals surface area (Å²) in [6.07, 6.45) is 0.978. The van der Waals surface area contributed by atoms with Gasteiger partial charge in [-0.05, 0) is 49.1 Å². The molecule has 0 radical (unpaired) electrons. The van der Waals surface area contributed by atoms with Gasteiger partial charge in [-0.15, -0.1) is 11.8 Å². The predicted molar refractivity (Wildman–Crippen MR) is 104 cm³/mol. The minimum absolute atomic E-state index is 0.194. The molecule has 7 nitrogen and oxygen atoms in total. The molecule has 1 amide bonds. The van der Waals surface area contributed by atoms with Gasteiger partial charge < -0.3 is 24.3 Å². The second-order valence-corrected chi connectivity index (χ2v) is 6.90. The van der Waals surface area contributed by atoms with Crippen molar-refractivity contribution in [1.82, 2.24) is 5.32 Å². The van der Waals surface area contributed by atoms with Gasteiger partial charge in [0.05, 0.1) is 7.11 Å². The monoisotopic (exact) mass is 403 g/mol. The molecule has 28 heavy (non-hydrogen) atoms. The molecule has 0 fully saturated rings. The fourth-order valence-corrected chi connectivity index (χ4v) is 3.06. The van der Waals surface area contributed by atoms with Crippen LogP contribution in [0, 0.1) is 0 Å². The van der Waals surface area contributed by atoms with Crippen molar-refractivity contribution in [2.45, 2.75) is 24.5 Å². The van der Waals surface area contributed by atoms with E-state index in [2.05, 4.69) is 5.32 Å². The fraction of sp³-hybridized carbons (Fsp3) is 0.300. The first-order valence-corrected chi connectivity index (χ1v) is 9.83. The highest BCUT2D eigenvalue weighted by Gasteiger charge is 2.22. The number of hydrogen-bond donors (Lipinski definition) is 1. The van der Waals surface area contributed by atoms with Crippen LogP contribution in [-0.2, 0) is 16.1 Å². The van der Waals surface area contributed by atoms with Gasteiger partial charge in [0.15, 0.2) is 17.6 Å². The molecule has 2 aromatic carbocycles. The zero-order valence-corrected chi connectivity index (χ0v) is 16.6. The quantitative estimate of drug-likeness (QED) is 0.562. The number of carbonyl (C=O) groups excluding carboxylic acids is 2. The number of rotatable bonds is 7. The summed E-state index contributed by atoms with van der Waals surface area (Å²) >= 11 is 1.54. The fourth-order valence-electron chi connectivity index (χ4n) is 2.63. The van der Waals surface area contributed by atoms with Gasteiger partial charge in [0.2, 0.25) is 6.79 Å². The predicted octanol–water partition coefficient (Wildman–Crippen LogP) is 3.01. The molecule has 0 saturated heterocycles. The van der Waals surface area contributed by atoms with Crippen LogP contribution in [0.15, 0.2) is 41.3 Å². The molecule has 0 aromatic heterocycles. The maximum absolute atomic E-state index is 12.4. The Bertz CT molecular complexity index is 885. The Labute approximate surface area is 167 Å². The average molecular weight is 403 g/mol. The molecule has 1 aliphatic rings. The third-order valence-electron chi connectivity index (χ3n) is 4.19. The summed E-state index contributed by atoms with van der Waals surface area (Å²) < 4.78 is 21.1. The van der Waals surface area contributed by atoms with E-state index in [9.17, 15) is 9.59 Å². The van der Waals surface area contributed by atoms with Crippen LogP contribution in [0.1, 0.15) is 22.8 Å². The van der Waals surface area contributed by atoms with E-state index in [1.54, 1.807) is 30.3 Å². The third kappa shape index (κ3) is 4.51.